The molecule has 1 heterocycles. The summed E-state index contributed by atoms with van der Waals surface area (Å²) in [5.41, 5.74) is 4.17. The van der Waals surface area contributed by atoms with E-state index in [9.17, 15) is 4.79 Å². The van der Waals surface area contributed by atoms with Crippen molar-refractivity contribution in [2.75, 3.05) is 13.7 Å². The van der Waals surface area contributed by atoms with Gasteiger partial charge in [0.15, 0.2) is 0 Å². The molecule has 0 bridgehead atoms. The number of methoxy groups -OCH3 is 1. The fourth-order valence-corrected chi connectivity index (χ4v) is 3.89. The number of carbonyl (C=O) groups is 1. The van der Waals surface area contributed by atoms with E-state index < -0.39 is 0 Å². The van der Waals surface area contributed by atoms with Gasteiger partial charge in [0.2, 0.25) is 0 Å². The molecule has 0 atom stereocenters. The predicted molar refractivity (Wildman–Crippen MR) is 126 cm³/mol. The third-order valence-corrected chi connectivity index (χ3v) is 5.56. The molecule has 32 heavy (non-hydrogen) atoms. The van der Waals surface area contributed by atoms with E-state index in [1.165, 1.54) is 0 Å². The number of ether oxygens (including phenoxy) is 3. The summed E-state index contributed by atoms with van der Waals surface area (Å²) in [4.78, 5) is 12.8. The van der Waals surface area contributed by atoms with Crippen LogP contribution in [0.4, 0.5) is 0 Å². The van der Waals surface area contributed by atoms with Gasteiger partial charge in [-0.05, 0) is 74.0 Å². The van der Waals surface area contributed by atoms with Crippen molar-refractivity contribution >= 4 is 28.5 Å². The van der Waals surface area contributed by atoms with Gasteiger partial charge in [-0.3, -0.25) is 0 Å². The van der Waals surface area contributed by atoms with Gasteiger partial charge in [0.1, 0.15) is 18.1 Å². The van der Waals surface area contributed by atoms with Gasteiger partial charge in [0.25, 0.3) is 0 Å². The topological polar surface area (TPSA) is 49.7 Å². The van der Waals surface area contributed by atoms with Crippen LogP contribution in [0.1, 0.15) is 28.5 Å². The smallest absolute Gasteiger partial charge is 0.340 e. The molecule has 0 radical (unpaired) electrons. The largest absolute Gasteiger partial charge is 0.497 e. The Labute approximate surface area is 192 Å². The molecule has 4 rings (SSSR count). The number of hydrogen-bond donors (Lipinski definition) is 0. The zero-order valence-corrected chi connectivity index (χ0v) is 19.0. The summed E-state index contributed by atoms with van der Waals surface area (Å²) in [5, 5.41) is 1.47. The van der Waals surface area contributed by atoms with E-state index in [1.807, 2.05) is 78.2 Å². The molecule has 0 unspecified atom stereocenters. The summed E-state index contributed by atoms with van der Waals surface area (Å²) in [6.07, 6.45) is 0. The van der Waals surface area contributed by atoms with Crippen LogP contribution in [-0.2, 0) is 11.3 Å². The summed E-state index contributed by atoms with van der Waals surface area (Å²) in [7, 11) is 1.63. The number of aromatic nitrogens is 1. The Balaban J connectivity index is 1.76. The average Bonchev–Trinajstić information content (AvgIpc) is 3.10. The molecular formula is C26H24ClNO4. The number of carbonyl (C=O) groups excluding carboxylic acids is 1. The number of nitrogens with zero attached hydrogens (tertiary/aromatic N) is 1. The van der Waals surface area contributed by atoms with E-state index in [-0.39, 0.29) is 5.97 Å². The van der Waals surface area contributed by atoms with Crippen LogP contribution in [0.25, 0.3) is 16.6 Å². The molecule has 0 saturated heterocycles. The van der Waals surface area contributed by atoms with Gasteiger partial charge in [-0.1, -0.05) is 23.7 Å². The van der Waals surface area contributed by atoms with Crippen LogP contribution in [0.5, 0.6) is 11.5 Å². The quantitative estimate of drug-likeness (QED) is 0.308. The average molecular weight is 450 g/mol. The first-order valence-corrected chi connectivity index (χ1v) is 10.7. The van der Waals surface area contributed by atoms with E-state index in [1.54, 1.807) is 14.0 Å². The van der Waals surface area contributed by atoms with Gasteiger partial charge < -0.3 is 18.8 Å². The van der Waals surface area contributed by atoms with E-state index in [0.717, 1.165) is 33.6 Å². The van der Waals surface area contributed by atoms with Crippen molar-refractivity contribution in [3.05, 3.63) is 88.6 Å². The molecule has 0 spiro atoms. The summed E-state index contributed by atoms with van der Waals surface area (Å²) in [6.45, 7) is 4.43. The van der Waals surface area contributed by atoms with E-state index >= 15 is 0 Å². The van der Waals surface area contributed by atoms with Crippen LogP contribution < -0.4 is 9.47 Å². The second kappa shape index (κ2) is 9.37. The maximum Gasteiger partial charge on any atom is 0.340 e. The highest BCUT2D eigenvalue weighted by Gasteiger charge is 2.22. The number of hydrogen-bond acceptors (Lipinski definition) is 4. The molecule has 0 saturated carbocycles. The third kappa shape index (κ3) is 4.30. The van der Waals surface area contributed by atoms with Crippen molar-refractivity contribution in [3.8, 4) is 17.2 Å². The maximum absolute atomic E-state index is 12.8. The Morgan fingerprint density at radius 2 is 1.66 bits per heavy atom. The lowest BCUT2D eigenvalue weighted by Crippen LogP contribution is -2.07. The number of benzene rings is 3. The Morgan fingerprint density at radius 3 is 2.31 bits per heavy atom. The Kier molecular flexibility index (Phi) is 6.37. The first kappa shape index (κ1) is 21.8. The second-order valence-electron chi connectivity index (χ2n) is 7.31. The molecule has 6 heteroatoms. The van der Waals surface area contributed by atoms with Crippen LogP contribution in [0, 0.1) is 6.92 Å². The molecule has 0 fully saturated rings. The molecule has 4 aromatic rings. The molecule has 3 aromatic carbocycles. The monoisotopic (exact) mass is 449 g/mol. The number of halogens is 1. The lowest BCUT2D eigenvalue weighted by Gasteiger charge is -2.10. The second-order valence-corrected chi connectivity index (χ2v) is 7.74. The van der Waals surface area contributed by atoms with Gasteiger partial charge in [-0.15, -0.1) is 0 Å². The minimum absolute atomic E-state index is 0.306. The summed E-state index contributed by atoms with van der Waals surface area (Å²) in [6, 6.07) is 21.0. The molecule has 0 amide bonds. The number of esters is 1. The van der Waals surface area contributed by atoms with E-state index in [2.05, 4.69) is 0 Å². The lowest BCUT2D eigenvalue weighted by molar-refractivity contribution is 0.0527. The molecule has 0 N–H and O–H groups in total. The van der Waals surface area contributed by atoms with Gasteiger partial charge >= 0.3 is 5.97 Å². The molecular weight excluding hydrogens is 426 g/mol. The molecule has 0 aliphatic heterocycles. The highest BCUT2D eigenvalue weighted by molar-refractivity contribution is 6.30. The van der Waals surface area contributed by atoms with E-state index in [0.29, 0.717) is 29.5 Å². The van der Waals surface area contributed by atoms with E-state index in [4.69, 9.17) is 25.8 Å². The lowest BCUT2D eigenvalue weighted by atomic mass is 10.1. The van der Waals surface area contributed by atoms with Crippen molar-refractivity contribution in [3.63, 3.8) is 0 Å². The maximum atomic E-state index is 12.8. The molecule has 5 nitrogen and oxygen atoms in total. The van der Waals surface area contributed by atoms with Crippen LogP contribution in [0.2, 0.25) is 5.02 Å². The Hall–Kier alpha value is -3.44. The molecule has 164 valence electrons. The highest BCUT2D eigenvalue weighted by Crippen LogP contribution is 2.33. The molecule has 0 aliphatic rings. The first-order valence-electron chi connectivity index (χ1n) is 10.4. The highest BCUT2D eigenvalue weighted by atomic mass is 35.5. The Morgan fingerprint density at radius 1 is 0.969 bits per heavy atom. The minimum atomic E-state index is -0.350. The standard InChI is InChI=1S/C26H24ClNO4/c1-4-31-26(29)25-17(2)28(20-9-11-21(30-3)12-10-20)24-14-13-22(15-23(24)25)32-16-18-5-7-19(27)8-6-18/h5-15H,4,16H2,1-3H3. The van der Waals surface area contributed by atoms with Crippen LogP contribution in [0.15, 0.2) is 66.7 Å². The number of rotatable bonds is 7. The van der Waals surface area contributed by atoms with Crippen LogP contribution in [-0.4, -0.2) is 24.3 Å². The fourth-order valence-electron chi connectivity index (χ4n) is 3.76. The zero-order valence-electron chi connectivity index (χ0n) is 18.2. The minimum Gasteiger partial charge on any atom is -0.497 e. The van der Waals surface area contributed by atoms with Gasteiger partial charge in [0, 0.05) is 21.8 Å². The van der Waals surface area contributed by atoms with Gasteiger partial charge in [0.05, 0.1) is 24.8 Å². The van der Waals surface area contributed by atoms with Gasteiger partial charge in [-0.25, -0.2) is 4.79 Å². The number of fused-ring (bicyclic) bond motifs is 1. The SMILES string of the molecule is CCOC(=O)c1c(C)n(-c2ccc(OC)cc2)c2ccc(OCc3ccc(Cl)cc3)cc12. The predicted octanol–water partition coefficient (Wildman–Crippen LogP) is 6.36. The molecule has 1 aromatic heterocycles. The summed E-state index contributed by atoms with van der Waals surface area (Å²) in [5.74, 6) is 1.09. The van der Waals surface area contributed by atoms with Crippen LogP contribution in [0.3, 0.4) is 0 Å². The van der Waals surface area contributed by atoms with Crippen molar-refractivity contribution in [2.45, 2.75) is 20.5 Å². The van der Waals surface area contributed by atoms with Crippen molar-refractivity contribution < 1.29 is 19.0 Å². The normalized spacial score (nSPS) is 10.9. The van der Waals surface area contributed by atoms with Gasteiger partial charge in [-0.2, -0.15) is 0 Å². The van der Waals surface area contributed by atoms with Crippen molar-refractivity contribution in [1.82, 2.24) is 4.57 Å². The van der Waals surface area contributed by atoms with Crippen molar-refractivity contribution in [2.24, 2.45) is 0 Å². The fraction of sp³-hybridized carbons (Fsp3) is 0.192. The van der Waals surface area contributed by atoms with Crippen molar-refractivity contribution in [1.29, 1.82) is 0 Å². The summed E-state index contributed by atoms with van der Waals surface area (Å²) < 4.78 is 18.7. The summed E-state index contributed by atoms with van der Waals surface area (Å²) >= 11 is 5.96. The Bertz CT molecular complexity index is 1240. The molecule has 0 aliphatic carbocycles. The third-order valence-electron chi connectivity index (χ3n) is 5.30. The zero-order chi connectivity index (χ0) is 22.7. The first-order chi connectivity index (χ1) is 15.5. The van der Waals surface area contributed by atoms with Crippen LogP contribution >= 0.6 is 11.6 Å².